The molecule has 1 aromatic rings. The van der Waals surface area contributed by atoms with Crippen molar-refractivity contribution in [2.24, 2.45) is 11.8 Å². The summed E-state index contributed by atoms with van der Waals surface area (Å²) < 4.78 is 0. The number of fused-ring (bicyclic) bond motifs is 2. The second-order valence-corrected chi connectivity index (χ2v) is 6.05. The van der Waals surface area contributed by atoms with Gasteiger partial charge in [0.25, 0.3) is 0 Å². The number of hydrogen-bond donors (Lipinski definition) is 1. The molecule has 1 aromatic heterocycles. The maximum absolute atomic E-state index is 12.9. The monoisotopic (exact) mass is 260 g/mol. The van der Waals surface area contributed by atoms with Gasteiger partial charge < -0.3 is 9.88 Å². The lowest BCUT2D eigenvalue weighted by atomic mass is 9.72. The van der Waals surface area contributed by atoms with Crippen LogP contribution in [0.5, 0.6) is 0 Å². The zero-order chi connectivity index (χ0) is 13.6. The van der Waals surface area contributed by atoms with E-state index in [9.17, 15) is 4.79 Å². The molecule has 2 unspecified atom stereocenters. The van der Waals surface area contributed by atoms with Crippen LogP contribution in [0.2, 0.25) is 0 Å². The van der Waals surface area contributed by atoms with E-state index < -0.39 is 0 Å². The number of rotatable bonds is 2. The molecule has 3 rings (SSSR count). The van der Waals surface area contributed by atoms with E-state index in [-0.39, 0.29) is 5.92 Å². The standard InChI is InChI=1S/C16H24N2O/c1-4-12-10(3)17-14-8-11-6-7-18(5-2)9-13(11)16(19)15(12)14/h11,13,17H,4-9H2,1-3H3. The van der Waals surface area contributed by atoms with Crippen LogP contribution in [-0.4, -0.2) is 35.3 Å². The molecular formula is C16H24N2O. The molecule has 1 aliphatic heterocycles. The van der Waals surface area contributed by atoms with Crippen LogP contribution in [0.15, 0.2) is 0 Å². The van der Waals surface area contributed by atoms with Crippen molar-refractivity contribution in [3.8, 4) is 0 Å². The van der Waals surface area contributed by atoms with E-state index in [1.165, 1.54) is 23.4 Å². The van der Waals surface area contributed by atoms with E-state index in [2.05, 4.69) is 30.7 Å². The zero-order valence-electron chi connectivity index (χ0n) is 12.3. The zero-order valence-corrected chi connectivity index (χ0v) is 12.3. The molecular weight excluding hydrogens is 236 g/mol. The summed E-state index contributed by atoms with van der Waals surface area (Å²) in [6, 6.07) is 0. The van der Waals surface area contributed by atoms with Crippen LogP contribution in [0.25, 0.3) is 0 Å². The van der Waals surface area contributed by atoms with Gasteiger partial charge in [0.15, 0.2) is 5.78 Å². The van der Waals surface area contributed by atoms with Crippen molar-refractivity contribution in [3.63, 3.8) is 0 Å². The molecule has 19 heavy (non-hydrogen) atoms. The summed E-state index contributed by atoms with van der Waals surface area (Å²) in [6.07, 6.45) is 3.20. The highest BCUT2D eigenvalue weighted by molar-refractivity contribution is 6.02. The van der Waals surface area contributed by atoms with Gasteiger partial charge >= 0.3 is 0 Å². The number of aromatic nitrogens is 1. The Balaban J connectivity index is 1.97. The summed E-state index contributed by atoms with van der Waals surface area (Å²) in [5.74, 6) is 1.21. The van der Waals surface area contributed by atoms with Gasteiger partial charge in [0.05, 0.1) is 0 Å². The number of likely N-dealkylation sites (tertiary alicyclic amines) is 1. The van der Waals surface area contributed by atoms with E-state index in [1.807, 2.05) is 0 Å². The summed E-state index contributed by atoms with van der Waals surface area (Å²) in [6.45, 7) is 9.63. The van der Waals surface area contributed by atoms with Gasteiger partial charge in [0.1, 0.15) is 0 Å². The average Bonchev–Trinajstić information content (AvgIpc) is 2.74. The topological polar surface area (TPSA) is 36.1 Å². The van der Waals surface area contributed by atoms with Crippen LogP contribution in [0.1, 0.15) is 47.6 Å². The predicted octanol–water partition coefficient (Wildman–Crippen LogP) is 2.58. The van der Waals surface area contributed by atoms with E-state index in [0.717, 1.165) is 38.0 Å². The lowest BCUT2D eigenvalue weighted by molar-refractivity contribution is 0.0671. The molecule has 0 spiro atoms. The van der Waals surface area contributed by atoms with E-state index in [0.29, 0.717) is 11.7 Å². The molecule has 2 aliphatic rings. The van der Waals surface area contributed by atoms with Crippen LogP contribution in [-0.2, 0) is 12.8 Å². The first-order chi connectivity index (χ1) is 9.15. The van der Waals surface area contributed by atoms with Crippen LogP contribution in [0, 0.1) is 18.8 Å². The molecule has 1 fully saturated rings. The first-order valence-electron chi connectivity index (χ1n) is 7.62. The average molecular weight is 260 g/mol. The molecule has 3 nitrogen and oxygen atoms in total. The van der Waals surface area contributed by atoms with Gasteiger partial charge in [-0.3, -0.25) is 4.79 Å². The SMILES string of the molecule is CCc1c(C)[nH]c2c1C(=O)C1CN(CC)CCC1C2. The number of aryl methyl sites for hydroxylation is 1. The molecule has 3 heteroatoms. The normalized spacial score (nSPS) is 27.2. The number of piperidine rings is 1. The molecule has 0 bridgehead atoms. The number of H-pyrrole nitrogens is 1. The number of nitrogens with zero attached hydrogens (tertiary/aromatic N) is 1. The molecule has 2 atom stereocenters. The summed E-state index contributed by atoms with van der Waals surface area (Å²) in [5, 5.41) is 0. The highest BCUT2D eigenvalue weighted by atomic mass is 16.1. The minimum absolute atomic E-state index is 0.238. The first-order valence-corrected chi connectivity index (χ1v) is 7.62. The summed E-state index contributed by atoms with van der Waals surface area (Å²) in [5.41, 5.74) is 4.71. The molecule has 1 saturated heterocycles. The third-order valence-electron chi connectivity index (χ3n) is 5.08. The van der Waals surface area contributed by atoms with Crippen molar-refractivity contribution < 1.29 is 4.79 Å². The fraction of sp³-hybridized carbons (Fsp3) is 0.688. The summed E-state index contributed by atoms with van der Waals surface area (Å²) in [4.78, 5) is 18.8. The number of carbonyl (C=O) groups is 1. The Labute approximate surface area is 115 Å². The van der Waals surface area contributed by atoms with Crippen molar-refractivity contribution in [1.29, 1.82) is 0 Å². The van der Waals surface area contributed by atoms with Gasteiger partial charge in [-0.2, -0.15) is 0 Å². The van der Waals surface area contributed by atoms with Gasteiger partial charge in [0, 0.05) is 29.4 Å². The molecule has 0 aromatic carbocycles. The maximum Gasteiger partial charge on any atom is 0.169 e. The third-order valence-corrected chi connectivity index (χ3v) is 5.08. The van der Waals surface area contributed by atoms with Gasteiger partial charge in [-0.05, 0) is 50.8 Å². The van der Waals surface area contributed by atoms with Crippen molar-refractivity contribution in [1.82, 2.24) is 9.88 Å². The number of hydrogen-bond acceptors (Lipinski definition) is 2. The van der Waals surface area contributed by atoms with Crippen molar-refractivity contribution >= 4 is 5.78 Å². The van der Waals surface area contributed by atoms with Crippen molar-refractivity contribution in [2.45, 2.75) is 40.0 Å². The molecule has 1 N–H and O–H groups in total. The highest BCUT2D eigenvalue weighted by Gasteiger charge is 2.40. The second-order valence-electron chi connectivity index (χ2n) is 6.05. The first kappa shape index (κ1) is 12.9. The third kappa shape index (κ3) is 1.95. The van der Waals surface area contributed by atoms with Gasteiger partial charge in [-0.25, -0.2) is 0 Å². The Morgan fingerprint density at radius 1 is 1.37 bits per heavy atom. The second kappa shape index (κ2) is 4.78. The number of nitrogens with one attached hydrogen (secondary N) is 1. The Kier molecular flexibility index (Phi) is 3.25. The molecule has 0 saturated carbocycles. The van der Waals surface area contributed by atoms with Crippen LogP contribution in [0.3, 0.4) is 0 Å². The Bertz CT molecular complexity index is 503. The minimum atomic E-state index is 0.238. The maximum atomic E-state index is 12.9. The number of carbonyl (C=O) groups excluding carboxylic acids is 1. The fourth-order valence-electron chi connectivity index (χ4n) is 3.97. The van der Waals surface area contributed by atoms with Gasteiger partial charge in [-0.1, -0.05) is 13.8 Å². The summed E-state index contributed by atoms with van der Waals surface area (Å²) in [7, 11) is 0. The molecule has 0 amide bonds. The van der Waals surface area contributed by atoms with Gasteiger partial charge in [-0.15, -0.1) is 0 Å². The minimum Gasteiger partial charge on any atom is -0.362 e. The molecule has 104 valence electrons. The van der Waals surface area contributed by atoms with Gasteiger partial charge in [0.2, 0.25) is 0 Å². The van der Waals surface area contributed by atoms with E-state index in [4.69, 9.17) is 0 Å². The smallest absolute Gasteiger partial charge is 0.169 e. The lowest BCUT2D eigenvalue weighted by Crippen LogP contribution is -2.46. The van der Waals surface area contributed by atoms with Crippen LogP contribution >= 0.6 is 0 Å². The molecule has 2 heterocycles. The highest BCUT2D eigenvalue weighted by Crippen LogP contribution is 2.37. The van der Waals surface area contributed by atoms with Crippen molar-refractivity contribution in [2.75, 3.05) is 19.6 Å². The van der Waals surface area contributed by atoms with E-state index in [1.54, 1.807) is 0 Å². The summed E-state index contributed by atoms with van der Waals surface area (Å²) >= 11 is 0. The van der Waals surface area contributed by atoms with Crippen LogP contribution < -0.4 is 0 Å². The Morgan fingerprint density at radius 2 is 2.16 bits per heavy atom. The van der Waals surface area contributed by atoms with Crippen LogP contribution in [0.4, 0.5) is 0 Å². The molecule has 0 radical (unpaired) electrons. The quantitative estimate of drug-likeness (QED) is 0.887. The Morgan fingerprint density at radius 3 is 2.84 bits per heavy atom. The lowest BCUT2D eigenvalue weighted by Gasteiger charge is -2.39. The fourth-order valence-corrected chi connectivity index (χ4v) is 3.97. The number of Topliss-reactive ketones (excluding diaryl/α,β-unsaturated/α-hetero) is 1. The van der Waals surface area contributed by atoms with Crippen molar-refractivity contribution in [3.05, 3.63) is 22.5 Å². The predicted molar refractivity (Wildman–Crippen MR) is 76.7 cm³/mol. The molecule has 1 aliphatic carbocycles. The number of ketones is 1. The Hall–Kier alpha value is -1.09. The number of aromatic amines is 1. The largest absolute Gasteiger partial charge is 0.362 e. The van der Waals surface area contributed by atoms with E-state index >= 15 is 0 Å².